The number of piperidine rings is 1. The van der Waals surface area contributed by atoms with Crippen LogP contribution in [0.2, 0.25) is 0 Å². The lowest BCUT2D eigenvalue weighted by molar-refractivity contribution is -0.119. The van der Waals surface area contributed by atoms with Crippen LogP contribution in [-0.4, -0.2) is 38.1 Å². The molecule has 0 radical (unpaired) electrons. The molecule has 138 valence electrons. The number of para-hydroxylation sites is 2. The Kier molecular flexibility index (Phi) is 5.59. The summed E-state index contributed by atoms with van der Waals surface area (Å²) in [6.45, 7) is 4.07. The molecular weight excluding hydrogens is 334 g/mol. The van der Waals surface area contributed by atoms with Crippen LogP contribution in [0.15, 0.2) is 24.3 Å². The van der Waals surface area contributed by atoms with E-state index in [4.69, 9.17) is 0 Å². The number of hydrogen-bond donors (Lipinski definition) is 1. The lowest BCUT2D eigenvalue weighted by Crippen LogP contribution is -2.41. The zero-order valence-electron chi connectivity index (χ0n) is 15.3. The van der Waals surface area contributed by atoms with Gasteiger partial charge in [-0.1, -0.05) is 19.1 Å². The summed E-state index contributed by atoms with van der Waals surface area (Å²) in [7, 11) is 2.13. The van der Waals surface area contributed by atoms with Crippen LogP contribution in [0.3, 0.4) is 0 Å². The molecule has 4 rings (SSSR count). The average Bonchev–Trinajstić information content (AvgIpc) is 2.84. The second kappa shape index (κ2) is 7.55. The Balaban J connectivity index is 0.00000182. The van der Waals surface area contributed by atoms with E-state index in [0.717, 1.165) is 18.8 Å². The van der Waals surface area contributed by atoms with Crippen molar-refractivity contribution in [1.82, 2.24) is 5.32 Å². The fourth-order valence-electron chi connectivity index (χ4n) is 4.98. The maximum Gasteiger partial charge on any atom is 0.227 e. The van der Waals surface area contributed by atoms with Gasteiger partial charge in [-0.2, -0.15) is 0 Å². The molecule has 3 heterocycles. The molecular formula is C20H30ClN3O. The van der Waals surface area contributed by atoms with E-state index in [0.29, 0.717) is 36.2 Å². The maximum absolute atomic E-state index is 13.2. The molecule has 3 atom stereocenters. The van der Waals surface area contributed by atoms with Crippen LogP contribution in [0.5, 0.6) is 0 Å². The van der Waals surface area contributed by atoms with Crippen LogP contribution in [0.1, 0.15) is 39.0 Å². The second-order valence-electron chi connectivity index (χ2n) is 8.16. The Hall–Kier alpha value is -1.26. The molecule has 25 heavy (non-hydrogen) atoms. The van der Waals surface area contributed by atoms with Crippen molar-refractivity contribution >= 4 is 29.7 Å². The minimum absolute atomic E-state index is 0. The molecule has 0 aliphatic carbocycles. The third-order valence-corrected chi connectivity index (χ3v) is 6.00. The molecule has 2 fully saturated rings. The van der Waals surface area contributed by atoms with Gasteiger partial charge < -0.3 is 15.1 Å². The van der Waals surface area contributed by atoms with Crippen molar-refractivity contribution in [3.63, 3.8) is 0 Å². The largest absolute Gasteiger partial charge is 0.373 e. The van der Waals surface area contributed by atoms with Crippen LogP contribution < -0.4 is 15.1 Å². The number of benzene rings is 1. The molecule has 1 amide bonds. The molecule has 5 heteroatoms. The highest BCUT2D eigenvalue weighted by Crippen LogP contribution is 2.36. The van der Waals surface area contributed by atoms with Gasteiger partial charge in [-0.3, -0.25) is 4.79 Å². The monoisotopic (exact) mass is 363 g/mol. The highest BCUT2D eigenvalue weighted by molar-refractivity contribution is 5.97. The molecule has 1 aromatic rings. The van der Waals surface area contributed by atoms with E-state index >= 15 is 0 Å². The Bertz CT molecular complexity index is 611. The number of halogens is 1. The van der Waals surface area contributed by atoms with Crippen molar-refractivity contribution in [2.24, 2.45) is 11.8 Å². The van der Waals surface area contributed by atoms with Crippen molar-refractivity contribution in [2.45, 2.75) is 51.1 Å². The summed E-state index contributed by atoms with van der Waals surface area (Å²) in [6.07, 6.45) is 5.65. The van der Waals surface area contributed by atoms with E-state index in [2.05, 4.69) is 47.3 Å². The van der Waals surface area contributed by atoms with Gasteiger partial charge in [0.05, 0.1) is 11.4 Å². The number of nitrogens with one attached hydrogen (secondary N) is 1. The van der Waals surface area contributed by atoms with Gasteiger partial charge in [0.25, 0.3) is 0 Å². The average molecular weight is 364 g/mol. The Morgan fingerprint density at radius 1 is 1.12 bits per heavy atom. The quantitative estimate of drug-likeness (QED) is 0.874. The number of anilines is 2. The van der Waals surface area contributed by atoms with Crippen molar-refractivity contribution < 1.29 is 4.79 Å². The van der Waals surface area contributed by atoms with Crippen LogP contribution in [0.4, 0.5) is 11.4 Å². The zero-order valence-corrected chi connectivity index (χ0v) is 16.1. The zero-order chi connectivity index (χ0) is 16.7. The molecule has 3 aliphatic heterocycles. The molecule has 3 unspecified atom stereocenters. The molecule has 3 aliphatic rings. The number of carbonyl (C=O) groups excluding carboxylic acids is 1. The van der Waals surface area contributed by atoms with Crippen LogP contribution in [0.25, 0.3) is 0 Å². The number of rotatable bonds is 2. The second-order valence-corrected chi connectivity index (χ2v) is 8.16. The highest BCUT2D eigenvalue weighted by Gasteiger charge is 2.35. The van der Waals surface area contributed by atoms with Gasteiger partial charge in [0.15, 0.2) is 0 Å². The summed E-state index contributed by atoms with van der Waals surface area (Å²) in [4.78, 5) is 17.5. The summed E-state index contributed by atoms with van der Waals surface area (Å²) in [6, 6.07) is 9.67. The standard InChI is InChI=1S/C20H29N3O.ClH/c1-14-12-22(2)18-5-3-4-6-19(18)23(13-14)20(24)11-15-9-16-7-8-17(10-15)21-16;/h3-6,14-17,21H,7-13H2,1-2H3;1H. The topological polar surface area (TPSA) is 35.6 Å². The molecule has 2 saturated heterocycles. The lowest BCUT2D eigenvalue weighted by atomic mass is 9.89. The fourth-order valence-corrected chi connectivity index (χ4v) is 4.98. The molecule has 1 aromatic carbocycles. The van der Waals surface area contributed by atoms with Gasteiger partial charge in [0.2, 0.25) is 5.91 Å². The fraction of sp³-hybridized carbons (Fsp3) is 0.650. The van der Waals surface area contributed by atoms with Gasteiger partial charge in [-0.25, -0.2) is 0 Å². The molecule has 0 aromatic heterocycles. The summed E-state index contributed by atoms with van der Waals surface area (Å²) in [5.74, 6) is 1.35. The number of carbonyl (C=O) groups is 1. The van der Waals surface area contributed by atoms with E-state index < -0.39 is 0 Å². The number of fused-ring (bicyclic) bond motifs is 3. The van der Waals surface area contributed by atoms with E-state index in [9.17, 15) is 4.79 Å². The normalized spacial score (nSPS) is 31.1. The van der Waals surface area contributed by atoms with Crippen LogP contribution in [0, 0.1) is 11.8 Å². The highest BCUT2D eigenvalue weighted by atomic mass is 35.5. The summed E-state index contributed by atoms with van der Waals surface area (Å²) < 4.78 is 0. The van der Waals surface area contributed by atoms with E-state index in [1.807, 2.05) is 6.07 Å². The van der Waals surface area contributed by atoms with Crippen molar-refractivity contribution in [3.05, 3.63) is 24.3 Å². The molecule has 0 saturated carbocycles. The predicted molar refractivity (Wildman–Crippen MR) is 106 cm³/mol. The number of nitrogens with zero attached hydrogens (tertiary/aromatic N) is 2. The molecule has 2 bridgehead atoms. The van der Waals surface area contributed by atoms with Gasteiger partial charge in [-0.05, 0) is 49.7 Å². The first kappa shape index (κ1) is 18.5. The van der Waals surface area contributed by atoms with E-state index in [-0.39, 0.29) is 12.4 Å². The van der Waals surface area contributed by atoms with Crippen LogP contribution >= 0.6 is 12.4 Å². The van der Waals surface area contributed by atoms with Crippen molar-refractivity contribution in [3.8, 4) is 0 Å². The SMILES string of the molecule is CC1CN(C)c2ccccc2N(C(=O)CC2CC3CCC(C2)N3)C1.Cl. The van der Waals surface area contributed by atoms with E-state index in [1.54, 1.807) is 0 Å². The third-order valence-electron chi connectivity index (χ3n) is 6.00. The number of hydrogen-bond acceptors (Lipinski definition) is 3. The summed E-state index contributed by atoms with van der Waals surface area (Å²) in [5, 5.41) is 3.68. The lowest BCUT2D eigenvalue weighted by Gasteiger charge is -2.31. The third kappa shape index (κ3) is 3.80. The first-order valence-corrected chi connectivity index (χ1v) is 9.46. The summed E-state index contributed by atoms with van der Waals surface area (Å²) in [5.41, 5.74) is 2.27. The van der Waals surface area contributed by atoms with Crippen LogP contribution in [-0.2, 0) is 4.79 Å². The predicted octanol–water partition coefficient (Wildman–Crippen LogP) is 3.45. The molecule has 4 nitrogen and oxygen atoms in total. The Morgan fingerprint density at radius 3 is 2.44 bits per heavy atom. The smallest absolute Gasteiger partial charge is 0.227 e. The first-order chi connectivity index (χ1) is 11.6. The maximum atomic E-state index is 13.2. The van der Waals surface area contributed by atoms with Gasteiger partial charge in [-0.15, -0.1) is 12.4 Å². The Morgan fingerprint density at radius 2 is 1.76 bits per heavy atom. The first-order valence-electron chi connectivity index (χ1n) is 9.46. The molecule has 0 spiro atoms. The number of amides is 1. The summed E-state index contributed by atoms with van der Waals surface area (Å²) >= 11 is 0. The minimum atomic E-state index is 0. The Labute approximate surface area is 157 Å². The van der Waals surface area contributed by atoms with E-state index in [1.165, 1.54) is 31.4 Å². The molecule has 1 N–H and O–H groups in total. The van der Waals surface area contributed by atoms with Crippen molar-refractivity contribution in [1.29, 1.82) is 0 Å². The van der Waals surface area contributed by atoms with Gasteiger partial charge in [0.1, 0.15) is 0 Å². The van der Waals surface area contributed by atoms with Crippen molar-refractivity contribution in [2.75, 3.05) is 29.9 Å². The minimum Gasteiger partial charge on any atom is -0.373 e. The van der Waals surface area contributed by atoms with Gasteiger partial charge >= 0.3 is 0 Å². The van der Waals surface area contributed by atoms with Gasteiger partial charge in [0, 0.05) is 38.6 Å².